The lowest BCUT2D eigenvalue weighted by molar-refractivity contribution is 0.570. The molecule has 19 heavy (non-hydrogen) atoms. The second kappa shape index (κ2) is 7.31. The standard InChI is InChI=1S/C14H22N2O2S/c1-4-5-8-11-15-13-9-6-7-10-14(13)19(17,18)16-12(2)3/h4-7,9-10,12,15-16H,8,11H2,1-3H3/b5-4+. The molecule has 0 heterocycles. The van der Waals surface area contributed by atoms with Crippen molar-refractivity contribution in [1.29, 1.82) is 0 Å². The first kappa shape index (κ1) is 15.7. The average molecular weight is 282 g/mol. The molecular weight excluding hydrogens is 260 g/mol. The quantitative estimate of drug-likeness (QED) is 0.597. The van der Waals surface area contributed by atoms with E-state index in [2.05, 4.69) is 10.0 Å². The zero-order chi connectivity index (χ0) is 14.3. The third-order valence-electron chi connectivity index (χ3n) is 2.43. The summed E-state index contributed by atoms with van der Waals surface area (Å²) >= 11 is 0. The van der Waals surface area contributed by atoms with E-state index >= 15 is 0 Å². The van der Waals surface area contributed by atoms with Crippen LogP contribution in [-0.4, -0.2) is 21.0 Å². The number of anilines is 1. The Kier molecular flexibility index (Phi) is 6.05. The molecule has 0 aromatic heterocycles. The van der Waals surface area contributed by atoms with E-state index in [1.807, 2.05) is 25.1 Å². The zero-order valence-electron chi connectivity index (χ0n) is 11.7. The van der Waals surface area contributed by atoms with Crippen molar-refractivity contribution in [3.05, 3.63) is 36.4 Å². The highest BCUT2D eigenvalue weighted by Gasteiger charge is 2.18. The van der Waals surface area contributed by atoms with Crippen LogP contribution < -0.4 is 10.0 Å². The van der Waals surface area contributed by atoms with Crippen LogP contribution in [0.15, 0.2) is 41.3 Å². The largest absolute Gasteiger partial charge is 0.384 e. The highest BCUT2D eigenvalue weighted by Crippen LogP contribution is 2.20. The summed E-state index contributed by atoms with van der Waals surface area (Å²) in [5, 5.41) is 3.16. The Morgan fingerprint density at radius 2 is 1.95 bits per heavy atom. The van der Waals surface area contributed by atoms with Crippen molar-refractivity contribution in [2.24, 2.45) is 0 Å². The maximum atomic E-state index is 12.2. The fourth-order valence-electron chi connectivity index (χ4n) is 1.68. The normalized spacial score (nSPS) is 12.2. The third kappa shape index (κ3) is 5.04. The molecule has 0 aliphatic heterocycles. The Labute approximate surface area is 116 Å². The lowest BCUT2D eigenvalue weighted by Gasteiger charge is -2.14. The van der Waals surface area contributed by atoms with Crippen LogP contribution in [0.3, 0.4) is 0 Å². The Morgan fingerprint density at radius 3 is 2.58 bits per heavy atom. The number of para-hydroxylation sites is 1. The lowest BCUT2D eigenvalue weighted by atomic mass is 10.3. The second-order valence-electron chi connectivity index (χ2n) is 4.56. The minimum absolute atomic E-state index is 0.124. The summed E-state index contributed by atoms with van der Waals surface area (Å²) in [6.45, 7) is 6.28. The van der Waals surface area contributed by atoms with Crippen LogP contribution in [0.1, 0.15) is 27.2 Å². The van der Waals surface area contributed by atoms with Gasteiger partial charge in [-0.3, -0.25) is 0 Å². The van der Waals surface area contributed by atoms with Crippen LogP contribution in [0.4, 0.5) is 5.69 Å². The van der Waals surface area contributed by atoms with Crippen molar-refractivity contribution in [1.82, 2.24) is 4.72 Å². The van der Waals surface area contributed by atoms with Crippen molar-refractivity contribution in [3.8, 4) is 0 Å². The van der Waals surface area contributed by atoms with Crippen LogP contribution in [0.25, 0.3) is 0 Å². The molecule has 1 aromatic carbocycles. The molecule has 0 saturated heterocycles. The van der Waals surface area contributed by atoms with Crippen LogP contribution in [0, 0.1) is 0 Å². The number of hydrogen-bond donors (Lipinski definition) is 2. The molecule has 0 bridgehead atoms. The van der Waals surface area contributed by atoms with E-state index in [-0.39, 0.29) is 6.04 Å². The number of hydrogen-bond acceptors (Lipinski definition) is 3. The predicted octanol–water partition coefficient (Wildman–Crippen LogP) is 2.75. The summed E-state index contributed by atoms with van der Waals surface area (Å²) in [5.41, 5.74) is 0.639. The Morgan fingerprint density at radius 1 is 1.26 bits per heavy atom. The molecule has 0 radical (unpaired) electrons. The molecule has 5 heteroatoms. The first-order chi connectivity index (χ1) is 8.97. The van der Waals surface area contributed by atoms with E-state index in [9.17, 15) is 8.42 Å². The van der Waals surface area contributed by atoms with Crippen molar-refractivity contribution in [2.75, 3.05) is 11.9 Å². The SMILES string of the molecule is C/C=C/CCNc1ccccc1S(=O)(=O)NC(C)C. The highest BCUT2D eigenvalue weighted by molar-refractivity contribution is 7.89. The fraction of sp³-hybridized carbons (Fsp3) is 0.429. The Balaban J connectivity index is 2.89. The summed E-state index contributed by atoms with van der Waals surface area (Å²) < 4.78 is 27.0. The highest BCUT2D eigenvalue weighted by atomic mass is 32.2. The van der Waals surface area contributed by atoms with Crippen LogP contribution >= 0.6 is 0 Å². The summed E-state index contributed by atoms with van der Waals surface area (Å²) in [6, 6.07) is 6.83. The summed E-state index contributed by atoms with van der Waals surface area (Å²) in [6.07, 6.45) is 4.88. The monoisotopic (exact) mass is 282 g/mol. The smallest absolute Gasteiger partial charge is 0.242 e. The molecule has 1 rings (SSSR count). The molecule has 0 aliphatic rings. The van der Waals surface area contributed by atoms with E-state index in [1.54, 1.807) is 32.0 Å². The molecule has 0 saturated carbocycles. The Hall–Kier alpha value is -1.33. The van der Waals surface area contributed by atoms with Gasteiger partial charge in [0.05, 0.1) is 5.69 Å². The van der Waals surface area contributed by atoms with Gasteiger partial charge in [-0.15, -0.1) is 0 Å². The van der Waals surface area contributed by atoms with Gasteiger partial charge in [0.15, 0.2) is 0 Å². The lowest BCUT2D eigenvalue weighted by Crippen LogP contribution is -2.30. The summed E-state index contributed by atoms with van der Waals surface area (Å²) in [5.74, 6) is 0. The van der Waals surface area contributed by atoms with Gasteiger partial charge in [0, 0.05) is 12.6 Å². The average Bonchev–Trinajstić information content (AvgIpc) is 2.33. The number of sulfonamides is 1. The molecule has 0 atom stereocenters. The molecule has 0 amide bonds. The van der Waals surface area contributed by atoms with Gasteiger partial charge in [0.25, 0.3) is 0 Å². The van der Waals surface area contributed by atoms with Crippen LogP contribution in [0.5, 0.6) is 0 Å². The fourth-order valence-corrected chi connectivity index (χ4v) is 3.11. The molecule has 4 nitrogen and oxygen atoms in total. The number of nitrogens with one attached hydrogen (secondary N) is 2. The van der Waals surface area contributed by atoms with Gasteiger partial charge in [0.1, 0.15) is 4.90 Å². The maximum absolute atomic E-state index is 12.2. The van der Waals surface area contributed by atoms with Gasteiger partial charge >= 0.3 is 0 Å². The number of allylic oxidation sites excluding steroid dienone is 1. The first-order valence-electron chi connectivity index (χ1n) is 6.43. The predicted molar refractivity (Wildman–Crippen MR) is 79.8 cm³/mol. The van der Waals surface area contributed by atoms with Gasteiger partial charge in [0.2, 0.25) is 10.0 Å². The van der Waals surface area contributed by atoms with Gasteiger partial charge < -0.3 is 5.32 Å². The van der Waals surface area contributed by atoms with E-state index < -0.39 is 10.0 Å². The molecule has 106 valence electrons. The van der Waals surface area contributed by atoms with Crippen molar-refractivity contribution >= 4 is 15.7 Å². The molecule has 2 N–H and O–H groups in total. The van der Waals surface area contributed by atoms with Crippen LogP contribution in [0.2, 0.25) is 0 Å². The zero-order valence-corrected chi connectivity index (χ0v) is 12.5. The van der Waals surface area contributed by atoms with Gasteiger partial charge in [-0.2, -0.15) is 0 Å². The van der Waals surface area contributed by atoms with Gasteiger partial charge in [-0.1, -0.05) is 24.3 Å². The summed E-state index contributed by atoms with van der Waals surface area (Å²) in [7, 11) is -3.46. The maximum Gasteiger partial charge on any atom is 0.242 e. The number of benzene rings is 1. The second-order valence-corrected chi connectivity index (χ2v) is 6.24. The molecule has 1 aromatic rings. The third-order valence-corrected chi connectivity index (χ3v) is 4.15. The first-order valence-corrected chi connectivity index (χ1v) is 7.92. The van der Waals surface area contributed by atoms with Crippen LogP contribution in [-0.2, 0) is 10.0 Å². The number of rotatable bonds is 7. The van der Waals surface area contributed by atoms with Crippen molar-refractivity contribution in [2.45, 2.75) is 38.1 Å². The van der Waals surface area contributed by atoms with E-state index in [0.717, 1.165) is 6.42 Å². The van der Waals surface area contributed by atoms with Crippen molar-refractivity contribution in [3.63, 3.8) is 0 Å². The summed E-state index contributed by atoms with van der Waals surface area (Å²) in [4.78, 5) is 0.296. The van der Waals surface area contributed by atoms with E-state index in [4.69, 9.17) is 0 Å². The molecule has 0 fully saturated rings. The topological polar surface area (TPSA) is 58.2 Å². The molecular formula is C14H22N2O2S. The molecule has 0 aliphatic carbocycles. The van der Waals surface area contributed by atoms with E-state index in [1.165, 1.54) is 0 Å². The van der Waals surface area contributed by atoms with Gasteiger partial charge in [-0.05, 0) is 39.3 Å². The van der Waals surface area contributed by atoms with E-state index in [0.29, 0.717) is 17.1 Å². The Bertz CT molecular complexity index is 522. The minimum Gasteiger partial charge on any atom is -0.384 e. The molecule has 0 spiro atoms. The van der Waals surface area contributed by atoms with Gasteiger partial charge in [-0.25, -0.2) is 13.1 Å². The molecule has 0 unspecified atom stereocenters. The minimum atomic E-state index is -3.46. The van der Waals surface area contributed by atoms with Crippen molar-refractivity contribution < 1.29 is 8.42 Å².